The zero-order valence-corrected chi connectivity index (χ0v) is 11.6. The molecule has 0 atom stereocenters. The average Bonchev–Trinajstić information content (AvgIpc) is 2.77. The van der Waals surface area contributed by atoms with E-state index in [1.165, 1.54) is 6.07 Å². The first-order valence-electron chi connectivity index (χ1n) is 5.41. The van der Waals surface area contributed by atoms with Crippen LogP contribution in [0.1, 0.15) is 22.0 Å². The lowest BCUT2D eigenvalue weighted by molar-refractivity contribution is 0.0946. The summed E-state index contributed by atoms with van der Waals surface area (Å²) in [6.07, 6.45) is 1.56. The molecule has 1 amide bonds. The molecule has 2 rings (SSSR count). The second kappa shape index (κ2) is 5.40. The van der Waals surface area contributed by atoms with Crippen molar-refractivity contribution in [3.8, 4) is 0 Å². The number of benzene rings is 1. The Morgan fingerprint density at radius 3 is 2.95 bits per heavy atom. The first-order chi connectivity index (χ1) is 8.97. The Balaban J connectivity index is 2.10. The molecule has 0 saturated carbocycles. The molecular weight excluding hydrogens is 317 g/mol. The van der Waals surface area contributed by atoms with Crippen molar-refractivity contribution in [1.82, 2.24) is 10.3 Å². The summed E-state index contributed by atoms with van der Waals surface area (Å²) >= 11 is 3.12. The highest BCUT2D eigenvalue weighted by molar-refractivity contribution is 9.10. The largest absolute Gasteiger partial charge is 0.444 e. The quantitative estimate of drug-likeness (QED) is 0.848. The lowest BCUT2D eigenvalue weighted by atomic mass is 10.2. The average molecular weight is 328 g/mol. The van der Waals surface area contributed by atoms with Crippen molar-refractivity contribution in [3.63, 3.8) is 0 Å². The molecule has 0 fully saturated rings. The number of carbonyl (C=O) groups excluding carboxylic acids is 1. The Hall–Kier alpha value is -1.89. The Kier molecular flexibility index (Phi) is 3.84. The van der Waals surface area contributed by atoms with E-state index in [0.29, 0.717) is 16.1 Å². The molecule has 0 aliphatic rings. The second-order valence-corrected chi connectivity index (χ2v) is 4.76. The SMILES string of the molecule is Cc1cnc(CNC(=O)c2cc(N)c(F)cc2Br)o1. The maximum absolute atomic E-state index is 13.2. The molecule has 19 heavy (non-hydrogen) atoms. The van der Waals surface area contributed by atoms with Crippen LogP contribution in [0.2, 0.25) is 0 Å². The lowest BCUT2D eigenvalue weighted by Crippen LogP contribution is -2.23. The summed E-state index contributed by atoms with van der Waals surface area (Å²) in [6.45, 7) is 1.91. The number of aryl methyl sites for hydroxylation is 1. The molecule has 0 bridgehead atoms. The number of oxazole rings is 1. The highest BCUT2D eigenvalue weighted by Gasteiger charge is 2.14. The van der Waals surface area contributed by atoms with E-state index >= 15 is 0 Å². The molecule has 0 unspecified atom stereocenters. The van der Waals surface area contributed by atoms with E-state index in [-0.39, 0.29) is 17.8 Å². The van der Waals surface area contributed by atoms with Gasteiger partial charge in [-0.2, -0.15) is 0 Å². The van der Waals surface area contributed by atoms with Gasteiger partial charge in [0, 0.05) is 4.47 Å². The lowest BCUT2D eigenvalue weighted by Gasteiger charge is -2.07. The third-order valence-electron chi connectivity index (χ3n) is 2.40. The summed E-state index contributed by atoms with van der Waals surface area (Å²) in [7, 11) is 0. The molecule has 100 valence electrons. The van der Waals surface area contributed by atoms with E-state index in [1.807, 2.05) is 0 Å². The van der Waals surface area contributed by atoms with Gasteiger partial charge in [-0.25, -0.2) is 9.37 Å². The molecule has 0 aliphatic heterocycles. The summed E-state index contributed by atoms with van der Waals surface area (Å²) < 4.78 is 18.7. The molecule has 1 aromatic heterocycles. The molecule has 7 heteroatoms. The topological polar surface area (TPSA) is 81.2 Å². The van der Waals surface area contributed by atoms with E-state index in [1.54, 1.807) is 13.1 Å². The normalized spacial score (nSPS) is 10.5. The summed E-state index contributed by atoms with van der Waals surface area (Å²) in [6, 6.07) is 2.43. The highest BCUT2D eigenvalue weighted by Crippen LogP contribution is 2.22. The van der Waals surface area contributed by atoms with Gasteiger partial charge in [-0.15, -0.1) is 0 Å². The summed E-state index contributed by atoms with van der Waals surface area (Å²) in [5.74, 6) is 0.0923. The minimum absolute atomic E-state index is 0.0830. The van der Waals surface area contributed by atoms with Gasteiger partial charge in [-0.05, 0) is 35.0 Å². The number of nitrogens with two attached hydrogens (primary N) is 1. The minimum Gasteiger partial charge on any atom is -0.444 e. The first kappa shape index (κ1) is 13.5. The fourth-order valence-electron chi connectivity index (χ4n) is 1.47. The van der Waals surface area contributed by atoms with Crippen LogP contribution in [0.15, 0.2) is 27.2 Å². The third-order valence-corrected chi connectivity index (χ3v) is 3.06. The van der Waals surface area contributed by atoms with Crippen molar-refractivity contribution < 1.29 is 13.6 Å². The van der Waals surface area contributed by atoms with Gasteiger partial charge in [-0.1, -0.05) is 0 Å². The minimum atomic E-state index is -0.577. The van der Waals surface area contributed by atoms with Crippen LogP contribution in [0.4, 0.5) is 10.1 Å². The number of nitrogens with one attached hydrogen (secondary N) is 1. The van der Waals surface area contributed by atoms with E-state index < -0.39 is 11.7 Å². The van der Waals surface area contributed by atoms with Crippen molar-refractivity contribution in [3.05, 3.63) is 45.8 Å². The molecule has 0 saturated heterocycles. The van der Waals surface area contributed by atoms with Crippen LogP contribution in [0, 0.1) is 12.7 Å². The van der Waals surface area contributed by atoms with Crippen LogP contribution in [0.5, 0.6) is 0 Å². The number of aromatic nitrogens is 1. The van der Waals surface area contributed by atoms with Gasteiger partial charge in [-0.3, -0.25) is 4.79 Å². The number of amides is 1. The maximum Gasteiger partial charge on any atom is 0.252 e. The maximum atomic E-state index is 13.2. The number of nitrogen functional groups attached to an aromatic ring is 1. The zero-order chi connectivity index (χ0) is 14.0. The van der Waals surface area contributed by atoms with E-state index in [0.717, 1.165) is 6.07 Å². The second-order valence-electron chi connectivity index (χ2n) is 3.90. The van der Waals surface area contributed by atoms with Crippen molar-refractivity contribution in [2.75, 3.05) is 5.73 Å². The van der Waals surface area contributed by atoms with E-state index in [2.05, 4.69) is 26.2 Å². The smallest absolute Gasteiger partial charge is 0.252 e. The van der Waals surface area contributed by atoms with Crippen LogP contribution >= 0.6 is 15.9 Å². The summed E-state index contributed by atoms with van der Waals surface area (Å²) in [5, 5.41) is 2.61. The van der Waals surface area contributed by atoms with Gasteiger partial charge >= 0.3 is 0 Å². The van der Waals surface area contributed by atoms with Gasteiger partial charge in [0.05, 0.1) is 24.0 Å². The molecule has 2 aromatic rings. The molecule has 0 radical (unpaired) electrons. The Labute approximate surface area is 117 Å². The Bertz CT molecular complexity index is 627. The zero-order valence-electron chi connectivity index (χ0n) is 10.0. The van der Waals surface area contributed by atoms with Crippen molar-refractivity contribution in [2.45, 2.75) is 13.5 Å². The van der Waals surface area contributed by atoms with E-state index in [4.69, 9.17) is 10.2 Å². The summed E-state index contributed by atoms with van der Waals surface area (Å²) in [4.78, 5) is 15.9. The van der Waals surface area contributed by atoms with Gasteiger partial charge in [0.25, 0.3) is 5.91 Å². The molecular formula is C12H11BrFN3O2. The van der Waals surface area contributed by atoms with Gasteiger partial charge in [0.2, 0.25) is 5.89 Å². The van der Waals surface area contributed by atoms with Crippen LogP contribution in [0.25, 0.3) is 0 Å². The van der Waals surface area contributed by atoms with Crippen molar-refractivity contribution >= 4 is 27.5 Å². The predicted molar refractivity (Wildman–Crippen MR) is 70.9 cm³/mol. The van der Waals surface area contributed by atoms with Crippen LogP contribution in [0.3, 0.4) is 0 Å². The van der Waals surface area contributed by atoms with Crippen LogP contribution < -0.4 is 11.1 Å². The van der Waals surface area contributed by atoms with Crippen molar-refractivity contribution in [1.29, 1.82) is 0 Å². The number of nitrogens with zero attached hydrogens (tertiary/aromatic N) is 1. The number of halogens is 2. The molecule has 0 aliphatic carbocycles. The number of hydrogen-bond donors (Lipinski definition) is 2. The summed E-state index contributed by atoms with van der Waals surface area (Å²) in [5.41, 5.74) is 5.60. The number of hydrogen-bond acceptors (Lipinski definition) is 4. The molecule has 0 spiro atoms. The molecule has 3 N–H and O–H groups in total. The van der Waals surface area contributed by atoms with Crippen LogP contribution in [-0.2, 0) is 6.54 Å². The fourth-order valence-corrected chi connectivity index (χ4v) is 1.97. The highest BCUT2D eigenvalue weighted by atomic mass is 79.9. The molecule has 1 aromatic carbocycles. The Morgan fingerprint density at radius 2 is 2.32 bits per heavy atom. The fraction of sp³-hybridized carbons (Fsp3) is 0.167. The molecule has 5 nitrogen and oxygen atoms in total. The standard InChI is InChI=1S/C12H11BrFN3O2/c1-6-4-16-11(19-6)5-17-12(18)7-2-10(15)9(14)3-8(7)13/h2-4H,5,15H2,1H3,(H,17,18). The van der Waals surface area contributed by atoms with Gasteiger partial charge in [0.1, 0.15) is 11.6 Å². The number of anilines is 1. The number of rotatable bonds is 3. The third kappa shape index (κ3) is 3.11. The van der Waals surface area contributed by atoms with Gasteiger partial charge < -0.3 is 15.5 Å². The predicted octanol–water partition coefficient (Wildman–Crippen LogP) is 2.40. The van der Waals surface area contributed by atoms with Crippen molar-refractivity contribution in [2.24, 2.45) is 0 Å². The van der Waals surface area contributed by atoms with Crippen LogP contribution in [-0.4, -0.2) is 10.9 Å². The monoisotopic (exact) mass is 327 g/mol. The Morgan fingerprint density at radius 1 is 1.58 bits per heavy atom. The number of carbonyl (C=O) groups is 1. The molecule has 1 heterocycles. The van der Waals surface area contributed by atoms with E-state index in [9.17, 15) is 9.18 Å². The first-order valence-corrected chi connectivity index (χ1v) is 6.20. The van der Waals surface area contributed by atoms with Gasteiger partial charge in [0.15, 0.2) is 0 Å².